The SMILES string of the molecule is CC(C)CC(CO)NC#N. The summed E-state index contributed by atoms with van der Waals surface area (Å²) in [5.74, 6) is 0.512. The molecule has 58 valence electrons. The van der Waals surface area contributed by atoms with E-state index in [9.17, 15) is 0 Å². The Bertz CT molecular complexity index is 117. The number of rotatable bonds is 4. The molecule has 0 aliphatic rings. The monoisotopic (exact) mass is 142 g/mol. The molecule has 0 bridgehead atoms. The number of nitriles is 1. The lowest BCUT2D eigenvalue weighted by Crippen LogP contribution is -2.29. The molecule has 3 heteroatoms. The molecule has 0 saturated heterocycles. The fraction of sp³-hybridized carbons (Fsp3) is 0.857. The van der Waals surface area contributed by atoms with Gasteiger partial charge in [0.2, 0.25) is 0 Å². The van der Waals surface area contributed by atoms with E-state index in [1.54, 1.807) is 0 Å². The van der Waals surface area contributed by atoms with Gasteiger partial charge in [-0.1, -0.05) is 13.8 Å². The Kier molecular flexibility index (Phi) is 4.69. The minimum atomic E-state index is -0.0648. The van der Waals surface area contributed by atoms with Gasteiger partial charge in [-0.2, -0.15) is 5.26 Å². The lowest BCUT2D eigenvalue weighted by Gasteiger charge is -2.13. The van der Waals surface area contributed by atoms with Gasteiger partial charge in [0, 0.05) is 0 Å². The second-order valence-corrected chi connectivity index (χ2v) is 2.77. The fourth-order valence-electron chi connectivity index (χ4n) is 0.839. The van der Waals surface area contributed by atoms with Crippen LogP contribution in [0.15, 0.2) is 0 Å². The molecule has 0 aromatic carbocycles. The number of hydrogen-bond donors (Lipinski definition) is 2. The predicted molar refractivity (Wildman–Crippen MR) is 39.1 cm³/mol. The molecule has 0 saturated carbocycles. The van der Waals surface area contributed by atoms with Gasteiger partial charge in [0.25, 0.3) is 0 Å². The van der Waals surface area contributed by atoms with Gasteiger partial charge in [-0.25, -0.2) is 0 Å². The topological polar surface area (TPSA) is 56.0 Å². The van der Waals surface area contributed by atoms with Crippen molar-refractivity contribution in [3.05, 3.63) is 0 Å². The first-order chi connectivity index (χ1) is 4.70. The fourth-order valence-corrected chi connectivity index (χ4v) is 0.839. The third-order valence-electron chi connectivity index (χ3n) is 1.24. The molecular weight excluding hydrogens is 128 g/mol. The van der Waals surface area contributed by atoms with Crippen LogP contribution in [-0.4, -0.2) is 17.8 Å². The molecule has 0 heterocycles. The number of aliphatic hydroxyl groups is 1. The van der Waals surface area contributed by atoms with Crippen LogP contribution in [0.25, 0.3) is 0 Å². The molecule has 3 nitrogen and oxygen atoms in total. The molecule has 0 fully saturated rings. The first kappa shape index (κ1) is 9.25. The van der Waals surface area contributed by atoms with E-state index >= 15 is 0 Å². The van der Waals surface area contributed by atoms with E-state index in [1.807, 2.05) is 6.19 Å². The Morgan fingerprint density at radius 3 is 2.50 bits per heavy atom. The summed E-state index contributed by atoms with van der Waals surface area (Å²) in [5.41, 5.74) is 0. The van der Waals surface area contributed by atoms with E-state index in [1.165, 1.54) is 0 Å². The first-order valence-corrected chi connectivity index (χ1v) is 3.46. The zero-order valence-corrected chi connectivity index (χ0v) is 6.46. The van der Waals surface area contributed by atoms with Crippen molar-refractivity contribution in [3.63, 3.8) is 0 Å². The van der Waals surface area contributed by atoms with Gasteiger partial charge in [0.05, 0.1) is 12.6 Å². The average molecular weight is 142 g/mol. The van der Waals surface area contributed by atoms with E-state index in [0.717, 1.165) is 6.42 Å². The normalized spacial score (nSPS) is 12.7. The number of aliphatic hydroxyl groups excluding tert-OH is 1. The second kappa shape index (κ2) is 5.07. The molecule has 0 aliphatic heterocycles. The third-order valence-corrected chi connectivity index (χ3v) is 1.24. The van der Waals surface area contributed by atoms with Gasteiger partial charge < -0.3 is 10.4 Å². The molecule has 2 N–H and O–H groups in total. The lowest BCUT2D eigenvalue weighted by molar-refractivity contribution is 0.236. The minimum absolute atomic E-state index is 0.0335. The molecule has 10 heavy (non-hydrogen) atoms. The summed E-state index contributed by atoms with van der Waals surface area (Å²) in [6.45, 7) is 4.15. The Morgan fingerprint density at radius 1 is 1.60 bits per heavy atom. The molecule has 1 atom stereocenters. The summed E-state index contributed by atoms with van der Waals surface area (Å²) in [4.78, 5) is 0. The van der Waals surface area contributed by atoms with Crippen LogP contribution in [0.2, 0.25) is 0 Å². The first-order valence-electron chi connectivity index (χ1n) is 3.46. The molecule has 1 unspecified atom stereocenters. The summed E-state index contributed by atoms with van der Waals surface area (Å²) < 4.78 is 0. The average Bonchev–Trinajstić information content (AvgIpc) is 1.86. The summed E-state index contributed by atoms with van der Waals surface area (Å²) in [5, 5.41) is 19.4. The lowest BCUT2D eigenvalue weighted by atomic mass is 10.1. The highest BCUT2D eigenvalue weighted by Crippen LogP contribution is 2.02. The summed E-state index contributed by atoms with van der Waals surface area (Å²) in [7, 11) is 0. The quantitative estimate of drug-likeness (QED) is 0.443. The largest absolute Gasteiger partial charge is 0.394 e. The van der Waals surface area contributed by atoms with Crippen molar-refractivity contribution in [2.45, 2.75) is 26.3 Å². The second-order valence-electron chi connectivity index (χ2n) is 2.77. The van der Waals surface area contributed by atoms with Gasteiger partial charge in [0.15, 0.2) is 6.19 Å². The summed E-state index contributed by atoms with van der Waals surface area (Å²) in [6.07, 6.45) is 2.65. The van der Waals surface area contributed by atoms with Gasteiger partial charge in [-0.15, -0.1) is 0 Å². The van der Waals surface area contributed by atoms with Crippen molar-refractivity contribution in [1.29, 1.82) is 5.26 Å². The van der Waals surface area contributed by atoms with Crippen LogP contribution >= 0.6 is 0 Å². The number of nitrogens with zero attached hydrogens (tertiary/aromatic N) is 1. The van der Waals surface area contributed by atoms with Crippen LogP contribution in [-0.2, 0) is 0 Å². The molecule has 0 radical (unpaired) electrons. The predicted octanol–water partition coefficient (Wildman–Crippen LogP) is 0.464. The molecule has 0 rings (SSSR count). The molecule has 0 aliphatic carbocycles. The van der Waals surface area contributed by atoms with E-state index in [0.29, 0.717) is 5.92 Å². The standard InChI is InChI=1S/C7H14N2O/c1-6(2)3-7(4-10)9-5-8/h6-7,9-10H,3-4H2,1-2H3. The number of nitrogens with one attached hydrogen (secondary N) is 1. The molecule has 0 spiro atoms. The van der Waals surface area contributed by atoms with Crippen molar-refractivity contribution >= 4 is 0 Å². The van der Waals surface area contributed by atoms with Crippen molar-refractivity contribution in [2.75, 3.05) is 6.61 Å². The van der Waals surface area contributed by atoms with E-state index < -0.39 is 0 Å². The van der Waals surface area contributed by atoms with Gasteiger partial charge >= 0.3 is 0 Å². The molecule has 0 amide bonds. The Morgan fingerprint density at radius 2 is 2.20 bits per heavy atom. The maximum absolute atomic E-state index is 8.69. The third kappa shape index (κ3) is 4.16. The summed E-state index contributed by atoms with van der Waals surface area (Å²) >= 11 is 0. The van der Waals surface area contributed by atoms with Crippen LogP contribution in [0.3, 0.4) is 0 Å². The van der Waals surface area contributed by atoms with Gasteiger partial charge in [-0.05, 0) is 12.3 Å². The van der Waals surface area contributed by atoms with Crippen LogP contribution in [0.5, 0.6) is 0 Å². The van der Waals surface area contributed by atoms with Crippen LogP contribution in [0.1, 0.15) is 20.3 Å². The maximum atomic E-state index is 8.69. The van der Waals surface area contributed by atoms with Crippen LogP contribution in [0, 0.1) is 17.4 Å². The van der Waals surface area contributed by atoms with Crippen molar-refractivity contribution < 1.29 is 5.11 Å². The Hall–Kier alpha value is -0.750. The zero-order chi connectivity index (χ0) is 7.98. The highest BCUT2D eigenvalue weighted by atomic mass is 16.3. The van der Waals surface area contributed by atoms with Gasteiger partial charge in [0.1, 0.15) is 0 Å². The maximum Gasteiger partial charge on any atom is 0.176 e. The highest BCUT2D eigenvalue weighted by molar-refractivity contribution is 4.76. The molecule has 0 aromatic rings. The minimum Gasteiger partial charge on any atom is -0.394 e. The smallest absolute Gasteiger partial charge is 0.176 e. The van der Waals surface area contributed by atoms with Gasteiger partial charge in [-0.3, -0.25) is 0 Å². The van der Waals surface area contributed by atoms with E-state index in [4.69, 9.17) is 10.4 Å². The van der Waals surface area contributed by atoms with Crippen LogP contribution in [0.4, 0.5) is 0 Å². The molecule has 0 aromatic heterocycles. The Balaban J connectivity index is 3.52. The Labute approximate surface area is 61.7 Å². The zero-order valence-electron chi connectivity index (χ0n) is 6.46. The van der Waals surface area contributed by atoms with Crippen molar-refractivity contribution in [1.82, 2.24) is 5.32 Å². The van der Waals surface area contributed by atoms with Crippen LogP contribution < -0.4 is 5.32 Å². The van der Waals surface area contributed by atoms with Crippen molar-refractivity contribution in [3.8, 4) is 6.19 Å². The summed E-state index contributed by atoms with van der Waals surface area (Å²) in [6, 6.07) is -0.0648. The van der Waals surface area contributed by atoms with E-state index in [-0.39, 0.29) is 12.6 Å². The van der Waals surface area contributed by atoms with E-state index in [2.05, 4.69) is 19.2 Å². The van der Waals surface area contributed by atoms with Crippen molar-refractivity contribution in [2.24, 2.45) is 5.92 Å². The highest BCUT2D eigenvalue weighted by Gasteiger charge is 2.06. The molecular formula is C7H14N2O. The number of hydrogen-bond acceptors (Lipinski definition) is 3.